The zero-order valence-corrected chi connectivity index (χ0v) is 11.1. The van der Waals surface area contributed by atoms with Gasteiger partial charge in [0.1, 0.15) is 5.82 Å². The van der Waals surface area contributed by atoms with Gasteiger partial charge in [0.05, 0.1) is 5.02 Å². The molecule has 1 rings (SSSR count). The van der Waals surface area contributed by atoms with Gasteiger partial charge in [0.15, 0.2) is 0 Å². The minimum absolute atomic E-state index is 0.0216. The second kappa shape index (κ2) is 6.94. The maximum Gasteiger partial charge on any atom is 0.142 e. The van der Waals surface area contributed by atoms with Crippen molar-refractivity contribution in [2.45, 2.75) is 39.2 Å². The fourth-order valence-corrected chi connectivity index (χ4v) is 2.10. The summed E-state index contributed by atoms with van der Waals surface area (Å²) in [5.74, 6) is 5.74. The first-order chi connectivity index (χ1) is 8.12. The molecule has 0 aliphatic rings. The van der Waals surface area contributed by atoms with E-state index in [2.05, 4.69) is 19.3 Å². The van der Waals surface area contributed by atoms with E-state index in [4.69, 9.17) is 17.4 Å². The van der Waals surface area contributed by atoms with E-state index in [9.17, 15) is 4.39 Å². The molecule has 3 N–H and O–H groups in total. The third kappa shape index (κ3) is 3.95. The molecule has 0 saturated heterocycles. The van der Waals surface area contributed by atoms with Crippen LogP contribution in [0, 0.1) is 11.7 Å². The Morgan fingerprint density at radius 1 is 1.35 bits per heavy atom. The number of nitrogens with two attached hydrogens (primary N) is 1. The highest BCUT2D eigenvalue weighted by molar-refractivity contribution is 6.30. The summed E-state index contributed by atoms with van der Waals surface area (Å²) in [5.41, 5.74) is 3.60. The Bertz CT molecular complexity index is 353. The van der Waals surface area contributed by atoms with Gasteiger partial charge < -0.3 is 0 Å². The molecule has 1 aromatic rings. The van der Waals surface area contributed by atoms with Crippen LogP contribution in [-0.2, 0) is 0 Å². The van der Waals surface area contributed by atoms with Crippen molar-refractivity contribution in [3.05, 3.63) is 34.6 Å². The first-order valence-electron chi connectivity index (χ1n) is 6.03. The summed E-state index contributed by atoms with van der Waals surface area (Å²) in [6, 6.07) is 4.82. The highest BCUT2D eigenvalue weighted by atomic mass is 35.5. The van der Waals surface area contributed by atoms with Crippen molar-refractivity contribution in [1.82, 2.24) is 5.43 Å². The van der Waals surface area contributed by atoms with Crippen molar-refractivity contribution >= 4 is 11.6 Å². The third-order valence-electron chi connectivity index (χ3n) is 3.27. The van der Waals surface area contributed by atoms with Gasteiger partial charge in [0, 0.05) is 6.04 Å². The van der Waals surface area contributed by atoms with Gasteiger partial charge in [-0.25, -0.2) is 4.39 Å². The van der Waals surface area contributed by atoms with E-state index in [1.165, 1.54) is 6.07 Å². The molecule has 0 amide bonds. The summed E-state index contributed by atoms with van der Waals surface area (Å²) >= 11 is 5.66. The molecule has 1 unspecified atom stereocenters. The molecule has 1 aromatic carbocycles. The lowest BCUT2D eigenvalue weighted by Gasteiger charge is -2.21. The fourth-order valence-electron chi connectivity index (χ4n) is 1.98. The summed E-state index contributed by atoms with van der Waals surface area (Å²) < 4.78 is 13.4. The molecule has 1 atom stereocenters. The van der Waals surface area contributed by atoms with Gasteiger partial charge in [-0.3, -0.25) is 11.3 Å². The van der Waals surface area contributed by atoms with E-state index in [0.29, 0.717) is 5.92 Å². The van der Waals surface area contributed by atoms with Crippen molar-refractivity contribution in [3.8, 4) is 0 Å². The standard InChI is InChI=1S/C13H20ClFN2/c1-3-9(4-2)7-13(17-16)10-5-6-11(14)12(15)8-10/h5-6,8-9,13,17H,3-4,7,16H2,1-2H3. The van der Waals surface area contributed by atoms with Crippen LogP contribution in [-0.4, -0.2) is 0 Å². The SMILES string of the molecule is CCC(CC)CC(NN)c1ccc(Cl)c(F)c1. The maximum atomic E-state index is 13.4. The average Bonchev–Trinajstić information content (AvgIpc) is 2.35. The van der Waals surface area contributed by atoms with Gasteiger partial charge in [0.25, 0.3) is 0 Å². The second-order valence-electron chi connectivity index (χ2n) is 4.31. The largest absolute Gasteiger partial charge is 0.271 e. The van der Waals surface area contributed by atoms with Crippen molar-refractivity contribution in [1.29, 1.82) is 0 Å². The summed E-state index contributed by atoms with van der Waals surface area (Å²) in [6.07, 6.45) is 3.11. The molecule has 0 heterocycles. The van der Waals surface area contributed by atoms with E-state index in [-0.39, 0.29) is 11.1 Å². The van der Waals surface area contributed by atoms with Crippen molar-refractivity contribution in [3.63, 3.8) is 0 Å². The molecule has 2 nitrogen and oxygen atoms in total. The first-order valence-corrected chi connectivity index (χ1v) is 6.41. The Morgan fingerprint density at radius 3 is 2.47 bits per heavy atom. The minimum Gasteiger partial charge on any atom is -0.271 e. The first kappa shape index (κ1) is 14.4. The highest BCUT2D eigenvalue weighted by Gasteiger charge is 2.16. The van der Waals surface area contributed by atoms with Crippen LogP contribution in [0.2, 0.25) is 5.02 Å². The lowest BCUT2D eigenvalue weighted by atomic mass is 9.91. The second-order valence-corrected chi connectivity index (χ2v) is 4.72. The number of hydrogen-bond acceptors (Lipinski definition) is 2. The number of rotatable bonds is 6. The summed E-state index contributed by atoms with van der Waals surface area (Å²) in [7, 11) is 0. The number of nitrogens with one attached hydrogen (secondary N) is 1. The molecule has 0 aromatic heterocycles. The van der Waals surface area contributed by atoms with E-state index < -0.39 is 5.82 Å². The topological polar surface area (TPSA) is 38.0 Å². The summed E-state index contributed by atoms with van der Waals surface area (Å²) in [4.78, 5) is 0. The van der Waals surface area contributed by atoms with Gasteiger partial charge in [0.2, 0.25) is 0 Å². The molecule has 0 aliphatic heterocycles. The molecule has 0 saturated carbocycles. The van der Waals surface area contributed by atoms with Crippen molar-refractivity contribution in [2.75, 3.05) is 0 Å². The van der Waals surface area contributed by atoms with Gasteiger partial charge in [-0.15, -0.1) is 0 Å². The quantitative estimate of drug-likeness (QED) is 0.602. The maximum absolute atomic E-state index is 13.4. The highest BCUT2D eigenvalue weighted by Crippen LogP contribution is 2.26. The van der Waals surface area contributed by atoms with Crippen molar-refractivity contribution in [2.24, 2.45) is 11.8 Å². The molecule has 96 valence electrons. The Morgan fingerprint density at radius 2 is 2.00 bits per heavy atom. The van der Waals surface area contributed by atoms with Crippen LogP contribution in [0.4, 0.5) is 4.39 Å². The summed E-state index contributed by atoms with van der Waals surface area (Å²) in [5, 5.41) is 0.145. The van der Waals surface area contributed by atoms with Crippen LogP contribution in [0.25, 0.3) is 0 Å². The average molecular weight is 259 g/mol. The van der Waals surface area contributed by atoms with Gasteiger partial charge in [-0.1, -0.05) is 44.4 Å². The van der Waals surface area contributed by atoms with Gasteiger partial charge in [-0.05, 0) is 30.0 Å². The van der Waals surface area contributed by atoms with Crippen LogP contribution in [0.3, 0.4) is 0 Å². The molecule has 0 bridgehead atoms. The van der Waals surface area contributed by atoms with Gasteiger partial charge in [-0.2, -0.15) is 0 Å². The zero-order valence-electron chi connectivity index (χ0n) is 10.3. The van der Waals surface area contributed by atoms with Crippen LogP contribution >= 0.6 is 11.6 Å². The van der Waals surface area contributed by atoms with Crippen LogP contribution < -0.4 is 11.3 Å². The number of benzene rings is 1. The molecule has 0 aliphatic carbocycles. The van der Waals surface area contributed by atoms with E-state index >= 15 is 0 Å². The molecule has 17 heavy (non-hydrogen) atoms. The zero-order chi connectivity index (χ0) is 12.8. The third-order valence-corrected chi connectivity index (χ3v) is 3.58. The fraction of sp³-hybridized carbons (Fsp3) is 0.538. The number of hydrogen-bond donors (Lipinski definition) is 2. The Kier molecular flexibility index (Phi) is 5.89. The molecule has 0 fully saturated rings. The Balaban J connectivity index is 2.82. The lowest BCUT2D eigenvalue weighted by molar-refractivity contribution is 0.374. The van der Waals surface area contributed by atoms with E-state index in [1.807, 2.05) is 6.07 Å². The predicted molar refractivity (Wildman–Crippen MR) is 70.2 cm³/mol. The number of halogens is 2. The smallest absolute Gasteiger partial charge is 0.142 e. The van der Waals surface area contributed by atoms with Gasteiger partial charge >= 0.3 is 0 Å². The molecular formula is C13H20ClFN2. The predicted octanol–water partition coefficient (Wildman–Crippen LogP) is 3.81. The van der Waals surface area contributed by atoms with Crippen LogP contribution in [0.5, 0.6) is 0 Å². The van der Waals surface area contributed by atoms with Crippen LogP contribution in [0.15, 0.2) is 18.2 Å². The molecule has 0 radical (unpaired) electrons. The monoisotopic (exact) mass is 258 g/mol. The summed E-state index contributed by atoms with van der Waals surface area (Å²) in [6.45, 7) is 4.31. The Hall–Kier alpha value is -0.640. The molecule has 4 heteroatoms. The molecule has 0 spiro atoms. The lowest BCUT2D eigenvalue weighted by Crippen LogP contribution is -2.29. The van der Waals surface area contributed by atoms with Crippen molar-refractivity contribution < 1.29 is 4.39 Å². The normalized spacial score (nSPS) is 13.1. The minimum atomic E-state index is -0.394. The van der Waals surface area contributed by atoms with E-state index in [0.717, 1.165) is 24.8 Å². The van der Waals surface area contributed by atoms with E-state index in [1.54, 1.807) is 6.07 Å². The van der Waals surface area contributed by atoms with Crippen LogP contribution in [0.1, 0.15) is 44.7 Å². The number of hydrazine groups is 1. The molecular weight excluding hydrogens is 239 g/mol. The Labute approximate surface area is 107 Å².